The Bertz CT molecular complexity index is 745. The molecule has 12 nitrogen and oxygen atoms in total. The van der Waals surface area contributed by atoms with E-state index in [0.29, 0.717) is 0 Å². The fraction of sp³-hybridized carbons (Fsp3) is 0.100. The quantitative estimate of drug-likeness (QED) is 0.249. The first-order chi connectivity index (χ1) is 10.9. The molecule has 1 amide bonds. The second-order valence-corrected chi connectivity index (χ2v) is 4.91. The first-order valence-corrected chi connectivity index (χ1v) is 6.79. The Morgan fingerprint density at radius 2 is 1.83 bits per heavy atom. The summed E-state index contributed by atoms with van der Waals surface area (Å²) in [7, 11) is 0. The zero-order valence-corrected chi connectivity index (χ0v) is 12.0. The van der Waals surface area contributed by atoms with E-state index < -0.39 is 27.1 Å². The molecule has 0 aliphatic rings. The van der Waals surface area contributed by atoms with Crippen molar-refractivity contribution in [2.75, 3.05) is 5.75 Å². The number of nitro groups is 2. The minimum Gasteiger partial charge on any atom is -0.411 e. The maximum Gasteiger partial charge on any atom is 0.277 e. The van der Waals surface area contributed by atoms with Gasteiger partial charge in [-0.3, -0.25) is 30.4 Å². The molecule has 1 aromatic carbocycles. The number of carbonyl (C=O) groups is 1. The summed E-state index contributed by atoms with van der Waals surface area (Å²) in [4.78, 5) is 31.1. The van der Waals surface area contributed by atoms with Crippen molar-refractivity contribution in [2.24, 2.45) is 5.84 Å². The molecule has 0 fully saturated rings. The Morgan fingerprint density at radius 3 is 2.35 bits per heavy atom. The Hall–Kier alpha value is -3.06. The number of hydrogen-bond acceptors (Lipinski definition) is 10. The topological polar surface area (TPSA) is 180 Å². The number of hydrogen-bond donors (Lipinski definition) is 2. The van der Waals surface area contributed by atoms with E-state index in [1.165, 1.54) is 0 Å². The number of nitro benzene ring substituents is 2. The van der Waals surface area contributed by atoms with E-state index in [0.717, 1.165) is 30.0 Å². The monoisotopic (exact) mass is 340 g/mol. The number of hydrazine groups is 1. The Labute approximate surface area is 131 Å². The van der Waals surface area contributed by atoms with Crippen LogP contribution >= 0.6 is 11.8 Å². The van der Waals surface area contributed by atoms with Crippen LogP contribution in [-0.4, -0.2) is 31.7 Å². The average Bonchev–Trinajstić information content (AvgIpc) is 3.01. The predicted molar refractivity (Wildman–Crippen MR) is 76.1 cm³/mol. The zero-order valence-electron chi connectivity index (χ0n) is 11.2. The third kappa shape index (κ3) is 3.98. The number of aromatic nitrogens is 2. The molecule has 1 aromatic heterocycles. The molecular formula is C10H8N6O6S. The second kappa shape index (κ2) is 6.80. The maximum absolute atomic E-state index is 11.0. The van der Waals surface area contributed by atoms with Crippen molar-refractivity contribution in [1.29, 1.82) is 0 Å². The third-order valence-electron chi connectivity index (χ3n) is 2.47. The predicted octanol–water partition coefficient (Wildman–Crippen LogP) is 0.635. The number of thioether (sulfide) groups is 1. The molecule has 0 aliphatic carbocycles. The molecule has 0 aliphatic heterocycles. The van der Waals surface area contributed by atoms with Crippen LogP contribution in [0, 0.1) is 20.2 Å². The van der Waals surface area contributed by atoms with E-state index in [1.54, 1.807) is 0 Å². The van der Waals surface area contributed by atoms with Gasteiger partial charge in [-0.05, 0) is 0 Å². The van der Waals surface area contributed by atoms with Crippen LogP contribution in [-0.2, 0) is 4.79 Å². The van der Waals surface area contributed by atoms with Gasteiger partial charge in [-0.1, -0.05) is 11.8 Å². The summed E-state index contributed by atoms with van der Waals surface area (Å²) in [6, 6.07) is 2.96. The van der Waals surface area contributed by atoms with Gasteiger partial charge in [0.2, 0.25) is 11.8 Å². The number of amides is 1. The third-order valence-corrected chi connectivity index (χ3v) is 3.28. The van der Waals surface area contributed by atoms with Crippen LogP contribution < -0.4 is 11.3 Å². The number of nitrogens with two attached hydrogens (primary N) is 1. The lowest BCUT2D eigenvalue weighted by molar-refractivity contribution is -0.394. The van der Waals surface area contributed by atoms with Gasteiger partial charge < -0.3 is 4.42 Å². The molecule has 2 aromatic rings. The number of nitrogens with zero attached hydrogens (tertiary/aromatic N) is 4. The minimum absolute atomic E-state index is 0.0118. The second-order valence-electron chi connectivity index (χ2n) is 3.98. The molecule has 23 heavy (non-hydrogen) atoms. The summed E-state index contributed by atoms with van der Waals surface area (Å²) in [6.07, 6.45) is 0. The van der Waals surface area contributed by atoms with Crippen molar-refractivity contribution in [2.45, 2.75) is 5.22 Å². The van der Waals surface area contributed by atoms with Crippen molar-refractivity contribution < 1.29 is 19.1 Å². The molecule has 0 unspecified atom stereocenters. The number of non-ortho nitro benzene ring substituents is 2. The molecule has 0 radical (unpaired) electrons. The van der Waals surface area contributed by atoms with Gasteiger partial charge in [-0.15, -0.1) is 10.2 Å². The SMILES string of the molecule is NNC(=O)CSc1nnc(-c2cc([N+](=O)[O-])cc([N+](=O)[O-])c2)o1. The average molecular weight is 340 g/mol. The maximum atomic E-state index is 11.0. The van der Waals surface area contributed by atoms with Gasteiger partial charge in [-0.2, -0.15) is 0 Å². The lowest BCUT2D eigenvalue weighted by Gasteiger charge is -1.97. The van der Waals surface area contributed by atoms with Crippen molar-refractivity contribution >= 4 is 29.0 Å². The number of benzene rings is 1. The van der Waals surface area contributed by atoms with Crippen molar-refractivity contribution in [3.63, 3.8) is 0 Å². The van der Waals surface area contributed by atoms with Gasteiger partial charge in [0.15, 0.2) is 0 Å². The van der Waals surface area contributed by atoms with Crippen LogP contribution in [0.5, 0.6) is 0 Å². The normalized spacial score (nSPS) is 10.3. The number of rotatable bonds is 6. The molecule has 1 heterocycles. The van der Waals surface area contributed by atoms with E-state index in [4.69, 9.17) is 10.3 Å². The summed E-state index contributed by atoms with van der Waals surface area (Å²) in [6.45, 7) is 0. The van der Waals surface area contributed by atoms with Crippen LogP contribution in [0.4, 0.5) is 11.4 Å². The fourth-order valence-corrected chi connectivity index (χ4v) is 2.06. The summed E-state index contributed by atoms with van der Waals surface area (Å²) >= 11 is 0.890. The molecule has 0 atom stereocenters. The Kier molecular flexibility index (Phi) is 4.82. The van der Waals surface area contributed by atoms with Gasteiger partial charge in [0.05, 0.1) is 27.2 Å². The Morgan fingerprint density at radius 1 is 1.22 bits per heavy atom. The molecule has 0 spiro atoms. The zero-order chi connectivity index (χ0) is 17.0. The smallest absolute Gasteiger partial charge is 0.277 e. The van der Waals surface area contributed by atoms with Crippen LogP contribution in [0.15, 0.2) is 27.8 Å². The number of nitrogens with one attached hydrogen (secondary N) is 1. The van der Waals surface area contributed by atoms with Crippen LogP contribution in [0.2, 0.25) is 0 Å². The van der Waals surface area contributed by atoms with E-state index in [1.807, 2.05) is 5.43 Å². The Balaban J connectivity index is 2.31. The van der Waals surface area contributed by atoms with Crippen LogP contribution in [0.25, 0.3) is 11.5 Å². The molecule has 0 bridgehead atoms. The summed E-state index contributed by atoms with van der Waals surface area (Å²) in [5, 5.41) is 29.0. The fourth-order valence-electron chi connectivity index (χ4n) is 1.48. The van der Waals surface area contributed by atoms with E-state index in [9.17, 15) is 25.0 Å². The van der Waals surface area contributed by atoms with Gasteiger partial charge >= 0.3 is 0 Å². The van der Waals surface area contributed by atoms with E-state index in [2.05, 4.69) is 10.2 Å². The van der Waals surface area contributed by atoms with Crippen LogP contribution in [0.1, 0.15) is 0 Å². The van der Waals surface area contributed by atoms with Crippen molar-refractivity contribution in [3.05, 3.63) is 38.4 Å². The molecular weight excluding hydrogens is 332 g/mol. The van der Waals surface area contributed by atoms with Gasteiger partial charge in [0, 0.05) is 12.1 Å². The van der Waals surface area contributed by atoms with Gasteiger partial charge in [0.25, 0.3) is 16.6 Å². The van der Waals surface area contributed by atoms with Crippen molar-refractivity contribution in [3.8, 4) is 11.5 Å². The highest BCUT2D eigenvalue weighted by atomic mass is 32.2. The highest BCUT2D eigenvalue weighted by Crippen LogP contribution is 2.30. The molecule has 120 valence electrons. The van der Waals surface area contributed by atoms with Crippen molar-refractivity contribution in [1.82, 2.24) is 15.6 Å². The van der Waals surface area contributed by atoms with Gasteiger partial charge in [-0.25, -0.2) is 5.84 Å². The first-order valence-electron chi connectivity index (χ1n) is 5.80. The lowest BCUT2D eigenvalue weighted by atomic mass is 10.2. The highest BCUT2D eigenvalue weighted by molar-refractivity contribution is 7.99. The van der Waals surface area contributed by atoms with Gasteiger partial charge in [0.1, 0.15) is 0 Å². The van der Waals surface area contributed by atoms with E-state index >= 15 is 0 Å². The molecule has 0 saturated heterocycles. The standard InChI is InChI=1S/C10H8N6O6S/c11-12-8(17)4-23-10-14-13-9(22-10)5-1-6(15(18)19)3-7(2-5)16(20)21/h1-3H,4,11H2,(H,12,17). The summed E-state index contributed by atoms with van der Waals surface area (Å²) < 4.78 is 5.21. The highest BCUT2D eigenvalue weighted by Gasteiger charge is 2.20. The van der Waals surface area contributed by atoms with E-state index in [-0.39, 0.29) is 22.4 Å². The molecule has 3 N–H and O–H groups in total. The molecule has 2 rings (SSSR count). The molecule has 0 saturated carbocycles. The summed E-state index contributed by atoms with van der Waals surface area (Å²) in [5.41, 5.74) is 0.971. The molecule has 13 heteroatoms. The van der Waals surface area contributed by atoms with Crippen LogP contribution in [0.3, 0.4) is 0 Å². The first kappa shape index (κ1) is 16.3. The largest absolute Gasteiger partial charge is 0.411 e. The minimum atomic E-state index is -0.770. The lowest BCUT2D eigenvalue weighted by Crippen LogP contribution is -2.31. The number of carbonyl (C=O) groups excluding carboxylic acids is 1. The summed E-state index contributed by atoms with van der Waals surface area (Å²) in [5.74, 6) is 4.22.